The molecule has 0 aliphatic carbocycles. The van der Waals surface area contributed by atoms with Gasteiger partial charge in [-0.1, -0.05) is 28.1 Å². The number of rotatable bonds is 4. The molecule has 1 aliphatic rings. The van der Waals surface area contributed by atoms with Crippen LogP contribution in [0, 0.1) is 5.92 Å². The number of hydrogen-bond donors (Lipinski definition) is 1. The Morgan fingerprint density at radius 3 is 2.32 bits per heavy atom. The molecule has 1 heterocycles. The third-order valence-electron chi connectivity index (χ3n) is 4.02. The highest BCUT2D eigenvalue weighted by Gasteiger charge is 2.29. The molecule has 7 heteroatoms. The number of carbonyl (C=O) groups is 1. The Morgan fingerprint density at radius 2 is 1.82 bits per heavy atom. The summed E-state index contributed by atoms with van der Waals surface area (Å²) in [4.78, 5) is 12.3. The summed E-state index contributed by atoms with van der Waals surface area (Å²) in [6, 6.07) is 7.78. The third kappa shape index (κ3) is 4.54. The highest BCUT2D eigenvalue weighted by atomic mass is 79.9. The summed E-state index contributed by atoms with van der Waals surface area (Å²) in [7, 11) is -3.15. The predicted molar refractivity (Wildman–Crippen MR) is 89.8 cm³/mol. The zero-order chi connectivity index (χ0) is 16.3. The van der Waals surface area contributed by atoms with Gasteiger partial charge in [-0.15, -0.1) is 0 Å². The monoisotopic (exact) mass is 388 g/mol. The molecule has 1 saturated heterocycles. The van der Waals surface area contributed by atoms with Crippen molar-refractivity contribution in [3.63, 3.8) is 0 Å². The molecule has 0 unspecified atom stereocenters. The number of carbonyl (C=O) groups excluding carboxylic acids is 1. The van der Waals surface area contributed by atoms with E-state index >= 15 is 0 Å². The molecule has 22 heavy (non-hydrogen) atoms. The van der Waals surface area contributed by atoms with Crippen LogP contribution in [-0.2, 0) is 14.8 Å². The number of amides is 1. The number of piperidine rings is 1. The van der Waals surface area contributed by atoms with Gasteiger partial charge in [0.25, 0.3) is 0 Å². The first kappa shape index (κ1) is 17.4. The van der Waals surface area contributed by atoms with Crippen LogP contribution in [0.4, 0.5) is 0 Å². The van der Waals surface area contributed by atoms with Gasteiger partial charge in [0.15, 0.2) is 0 Å². The average Bonchev–Trinajstić information content (AvgIpc) is 2.47. The maximum atomic E-state index is 12.3. The van der Waals surface area contributed by atoms with Gasteiger partial charge in [0.2, 0.25) is 15.9 Å². The quantitative estimate of drug-likeness (QED) is 0.860. The molecule has 1 fully saturated rings. The van der Waals surface area contributed by atoms with Gasteiger partial charge < -0.3 is 5.32 Å². The summed E-state index contributed by atoms with van der Waals surface area (Å²) in [5.74, 6) is -0.112. The van der Waals surface area contributed by atoms with Crippen molar-refractivity contribution in [3.8, 4) is 0 Å². The van der Waals surface area contributed by atoms with Crippen molar-refractivity contribution >= 4 is 31.9 Å². The minimum Gasteiger partial charge on any atom is -0.349 e. The van der Waals surface area contributed by atoms with Crippen LogP contribution in [0.1, 0.15) is 31.4 Å². The summed E-state index contributed by atoms with van der Waals surface area (Å²) < 4.78 is 25.4. The first-order valence-electron chi connectivity index (χ1n) is 7.28. The predicted octanol–water partition coefficient (Wildman–Crippen LogP) is 2.30. The zero-order valence-corrected chi connectivity index (χ0v) is 15.2. The van der Waals surface area contributed by atoms with Gasteiger partial charge in [-0.3, -0.25) is 4.79 Å². The van der Waals surface area contributed by atoms with Crippen LogP contribution >= 0.6 is 15.9 Å². The largest absolute Gasteiger partial charge is 0.349 e. The van der Waals surface area contributed by atoms with Crippen LogP contribution in [0.25, 0.3) is 0 Å². The smallest absolute Gasteiger partial charge is 0.223 e. The van der Waals surface area contributed by atoms with E-state index in [1.54, 1.807) is 0 Å². The van der Waals surface area contributed by atoms with Crippen LogP contribution in [0.2, 0.25) is 0 Å². The van der Waals surface area contributed by atoms with Crippen molar-refractivity contribution in [2.24, 2.45) is 5.92 Å². The maximum Gasteiger partial charge on any atom is 0.223 e. The molecule has 2 rings (SSSR count). The first-order chi connectivity index (χ1) is 10.3. The van der Waals surface area contributed by atoms with Gasteiger partial charge in [-0.05, 0) is 37.5 Å². The second-order valence-electron chi connectivity index (χ2n) is 5.72. The van der Waals surface area contributed by atoms with Gasteiger partial charge in [0, 0.05) is 23.5 Å². The van der Waals surface area contributed by atoms with Gasteiger partial charge in [0.1, 0.15) is 0 Å². The van der Waals surface area contributed by atoms with Crippen molar-refractivity contribution in [3.05, 3.63) is 34.3 Å². The van der Waals surface area contributed by atoms with E-state index in [-0.39, 0.29) is 17.9 Å². The highest BCUT2D eigenvalue weighted by Crippen LogP contribution is 2.21. The van der Waals surface area contributed by atoms with E-state index in [1.165, 1.54) is 10.6 Å². The van der Waals surface area contributed by atoms with Crippen molar-refractivity contribution in [1.29, 1.82) is 0 Å². The van der Waals surface area contributed by atoms with Crippen LogP contribution in [-0.4, -0.2) is 38.0 Å². The molecule has 1 amide bonds. The molecule has 0 radical (unpaired) electrons. The Hall–Kier alpha value is -0.920. The molecule has 0 bridgehead atoms. The van der Waals surface area contributed by atoms with E-state index in [9.17, 15) is 13.2 Å². The molecular weight excluding hydrogens is 368 g/mol. The summed E-state index contributed by atoms with van der Waals surface area (Å²) in [5, 5.41) is 3.02. The summed E-state index contributed by atoms with van der Waals surface area (Å²) in [6.45, 7) is 2.79. The van der Waals surface area contributed by atoms with E-state index < -0.39 is 10.0 Å². The Bertz CT molecular complexity index is 623. The van der Waals surface area contributed by atoms with E-state index in [0.29, 0.717) is 25.9 Å². The van der Waals surface area contributed by atoms with E-state index in [0.717, 1.165) is 10.0 Å². The molecule has 0 spiro atoms. The standard InChI is InChI=1S/C15H21BrN2O3S/c1-11(12-3-5-14(16)6-4-12)17-15(19)13-7-9-18(10-8-13)22(2,20)21/h3-6,11,13H,7-10H2,1-2H3,(H,17,19)/t11-/m1/s1. The lowest BCUT2D eigenvalue weighted by Crippen LogP contribution is -2.43. The molecule has 1 aromatic carbocycles. The van der Waals surface area contributed by atoms with E-state index in [4.69, 9.17) is 0 Å². The van der Waals surface area contributed by atoms with E-state index in [1.807, 2.05) is 31.2 Å². The molecule has 5 nitrogen and oxygen atoms in total. The SMILES string of the molecule is C[C@@H](NC(=O)C1CCN(S(C)(=O)=O)CC1)c1ccc(Br)cc1. The van der Waals surface area contributed by atoms with Gasteiger partial charge in [0.05, 0.1) is 12.3 Å². The van der Waals surface area contributed by atoms with Crippen molar-refractivity contribution in [2.75, 3.05) is 19.3 Å². The number of nitrogens with one attached hydrogen (secondary N) is 1. The zero-order valence-electron chi connectivity index (χ0n) is 12.8. The van der Waals surface area contributed by atoms with Crippen LogP contribution in [0.3, 0.4) is 0 Å². The lowest BCUT2D eigenvalue weighted by atomic mass is 9.96. The summed E-state index contributed by atoms with van der Waals surface area (Å²) in [6.07, 6.45) is 2.36. The summed E-state index contributed by atoms with van der Waals surface area (Å²) >= 11 is 3.39. The number of nitrogens with zero attached hydrogens (tertiary/aromatic N) is 1. The highest BCUT2D eigenvalue weighted by molar-refractivity contribution is 9.10. The minimum atomic E-state index is -3.15. The average molecular weight is 389 g/mol. The Morgan fingerprint density at radius 1 is 1.27 bits per heavy atom. The maximum absolute atomic E-state index is 12.3. The Labute approximate surface area is 140 Å². The fourth-order valence-corrected chi connectivity index (χ4v) is 3.75. The van der Waals surface area contributed by atoms with Gasteiger partial charge in [-0.25, -0.2) is 12.7 Å². The minimum absolute atomic E-state index is 0.00331. The normalized spacial score (nSPS) is 18.9. The van der Waals surface area contributed by atoms with Gasteiger partial charge in [-0.2, -0.15) is 0 Å². The van der Waals surface area contributed by atoms with Crippen molar-refractivity contribution in [2.45, 2.75) is 25.8 Å². The molecular formula is C15H21BrN2O3S. The number of benzene rings is 1. The number of sulfonamides is 1. The molecule has 122 valence electrons. The van der Waals surface area contributed by atoms with Crippen molar-refractivity contribution in [1.82, 2.24) is 9.62 Å². The third-order valence-corrected chi connectivity index (χ3v) is 5.85. The second kappa shape index (κ2) is 7.10. The fourth-order valence-electron chi connectivity index (χ4n) is 2.62. The Kier molecular flexibility index (Phi) is 5.63. The Balaban J connectivity index is 1.89. The molecule has 0 aromatic heterocycles. The van der Waals surface area contributed by atoms with Crippen LogP contribution < -0.4 is 5.32 Å². The van der Waals surface area contributed by atoms with Crippen LogP contribution in [0.15, 0.2) is 28.7 Å². The fraction of sp³-hybridized carbons (Fsp3) is 0.533. The summed E-state index contributed by atoms with van der Waals surface area (Å²) in [5.41, 5.74) is 1.05. The first-order valence-corrected chi connectivity index (χ1v) is 9.92. The topological polar surface area (TPSA) is 66.5 Å². The second-order valence-corrected chi connectivity index (χ2v) is 8.62. The lowest BCUT2D eigenvalue weighted by molar-refractivity contribution is -0.126. The molecule has 1 N–H and O–H groups in total. The molecule has 1 atom stereocenters. The van der Waals surface area contributed by atoms with Crippen molar-refractivity contribution < 1.29 is 13.2 Å². The van der Waals surface area contributed by atoms with Gasteiger partial charge >= 0.3 is 0 Å². The number of halogens is 1. The van der Waals surface area contributed by atoms with Crippen LogP contribution in [0.5, 0.6) is 0 Å². The molecule has 0 saturated carbocycles. The molecule has 1 aromatic rings. The van der Waals surface area contributed by atoms with E-state index in [2.05, 4.69) is 21.2 Å². The number of hydrogen-bond acceptors (Lipinski definition) is 3. The molecule has 1 aliphatic heterocycles. The lowest BCUT2D eigenvalue weighted by Gasteiger charge is -2.30.